The third-order valence-corrected chi connectivity index (χ3v) is 3.79. The van der Waals surface area contributed by atoms with Crippen LogP contribution in [0.5, 0.6) is 0 Å². The van der Waals surface area contributed by atoms with Gasteiger partial charge in [0.15, 0.2) is 0 Å². The number of carbonyl (C=O) groups excluding carboxylic acids is 1. The van der Waals surface area contributed by atoms with Gasteiger partial charge in [-0.3, -0.25) is 4.79 Å². The van der Waals surface area contributed by atoms with E-state index in [4.69, 9.17) is 0 Å². The standard InChI is InChI=1S/C16H17NO2S/c1-12(13-6-4-3-5-7-13)10-15-17-14(11-20-15)8-9-16(18)19-2/h3-7,10-11H,8-9H2,1-2H3/b12-10+. The molecule has 3 nitrogen and oxygen atoms in total. The highest BCUT2D eigenvalue weighted by Crippen LogP contribution is 2.20. The lowest BCUT2D eigenvalue weighted by atomic mass is 10.1. The van der Waals surface area contributed by atoms with Gasteiger partial charge in [-0.25, -0.2) is 4.98 Å². The summed E-state index contributed by atoms with van der Waals surface area (Å²) < 4.78 is 4.63. The fraction of sp³-hybridized carbons (Fsp3) is 0.250. The van der Waals surface area contributed by atoms with Gasteiger partial charge < -0.3 is 4.74 Å². The van der Waals surface area contributed by atoms with Crippen molar-refractivity contribution in [3.8, 4) is 0 Å². The zero-order chi connectivity index (χ0) is 14.4. The number of hydrogen-bond acceptors (Lipinski definition) is 4. The van der Waals surface area contributed by atoms with E-state index in [1.54, 1.807) is 11.3 Å². The van der Waals surface area contributed by atoms with E-state index in [0.29, 0.717) is 12.8 Å². The van der Waals surface area contributed by atoms with E-state index < -0.39 is 0 Å². The molecule has 1 aromatic heterocycles. The Morgan fingerprint density at radius 3 is 2.80 bits per heavy atom. The SMILES string of the molecule is COC(=O)CCc1csc(/C=C(\C)c2ccccc2)n1. The average Bonchev–Trinajstić information content (AvgIpc) is 2.93. The van der Waals surface area contributed by atoms with Gasteiger partial charge in [-0.05, 0) is 24.1 Å². The van der Waals surface area contributed by atoms with Crippen LogP contribution >= 0.6 is 11.3 Å². The van der Waals surface area contributed by atoms with Crippen LogP contribution in [0.3, 0.4) is 0 Å². The zero-order valence-corrected chi connectivity index (χ0v) is 12.4. The zero-order valence-electron chi connectivity index (χ0n) is 11.6. The van der Waals surface area contributed by atoms with E-state index in [1.165, 1.54) is 18.2 Å². The Morgan fingerprint density at radius 2 is 2.10 bits per heavy atom. The maximum Gasteiger partial charge on any atom is 0.305 e. The molecule has 0 fully saturated rings. The maximum atomic E-state index is 11.1. The van der Waals surface area contributed by atoms with Crippen LogP contribution in [0.15, 0.2) is 35.7 Å². The van der Waals surface area contributed by atoms with Gasteiger partial charge in [-0.1, -0.05) is 30.3 Å². The van der Waals surface area contributed by atoms with Crippen LogP contribution in [0.1, 0.15) is 29.6 Å². The Labute approximate surface area is 122 Å². The summed E-state index contributed by atoms with van der Waals surface area (Å²) in [5.74, 6) is -0.199. The molecular formula is C16H17NO2S. The van der Waals surface area contributed by atoms with Gasteiger partial charge in [0.05, 0.1) is 19.2 Å². The van der Waals surface area contributed by atoms with Crippen molar-refractivity contribution in [2.24, 2.45) is 0 Å². The lowest BCUT2D eigenvalue weighted by Crippen LogP contribution is -2.01. The number of rotatable bonds is 5. The molecule has 0 aliphatic carbocycles. The number of thiazole rings is 1. The van der Waals surface area contributed by atoms with Crippen molar-refractivity contribution in [1.29, 1.82) is 0 Å². The average molecular weight is 287 g/mol. The van der Waals surface area contributed by atoms with E-state index in [0.717, 1.165) is 10.7 Å². The molecule has 0 spiro atoms. The van der Waals surface area contributed by atoms with Gasteiger partial charge in [0.1, 0.15) is 5.01 Å². The van der Waals surface area contributed by atoms with Gasteiger partial charge in [-0.2, -0.15) is 0 Å². The molecule has 1 heterocycles. The number of carbonyl (C=O) groups is 1. The number of allylic oxidation sites excluding steroid dienone is 1. The molecule has 4 heteroatoms. The predicted octanol–water partition coefficient (Wildman–Crippen LogP) is 3.81. The molecule has 1 aromatic carbocycles. The summed E-state index contributed by atoms with van der Waals surface area (Å²) in [6.07, 6.45) is 3.07. The number of aryl methyl sites for hydroxylation is 1. The van der Waals surface area contributed by atoms with Crippen LogP contribution in [0.2, 0.25) is 0 Å². The topological polar surface area (TPSA) is 39.2 Å². The highest BCUT2D eigenvalue weighted by atomic mass is 32.1. The smallest absolute Gasteiger partial charge is 0.305 e. The van der Waals surface area contributed by atoms with Gasteiger partial charge >= 0.3 is 5.97 Å². The van der Waals surface area contributed by atoms with Gasteiger partial charge in [0.25, 0.3) is 0 Å². The minimum atomic E-state index is -0.199. The van der Waals surface area contributed by atoms with Crippen molar-refractivity contribution in [2.75, 3.05) is 7.11 Å². The first-order valence-electron chi connectivity index (χ1n) is 6.44. The maximum absolute atomic E-state index is 11.1. The number of esters is 1. The second-order valence-corrected chi connectivity index (χ2v) is 5.34. The third kappa shape index (κ3) is 4.03. The van der Waals surface area contributed by atoms with E-state index in [1.807, 2.05) is 23.6 Å². The molecule has 0 aliphatic rings. The highest BCUT2D eigenvalue weighted by molar-refractivity contribution is 7.10. The summed E-state index contributed by atoms with van der Waals surface area (Å²) >= 11 is 1.59. The Kier molecular flexibility index (Phi) is 5.07. The molecule has 104 valence electrons. The van der Waals surface area contributed by atoms with E-state index in [9.17, 15) is 4.79 Å². The normalized spacial score (nSPS) is 11.4. The molecule has 0 aliphatic heterocycles. The second kappa shape index (κ2) is 7.01. The van der Waals surface area contributed by atoms with Crippen LogP contribution < -0.4 is 0 Å². The van der Waals surface area contributed by atoms with Gasteiger partial charge in [0.2, 0.25) is 0 Å². The van der Waals surface area contributed by atoms with Crippen LogP contribution in [0, 0.1) is 0 Å². The minimum Gasteiger partial charge on any atom is -0.469 e. The summed E-state index contributed by atoms with van der Waals surface area (Å²) in [6, 6.07) is 10.2. The fourth-order valence-corrected chi connectivity index (χ4v) is 2.65. The van der Waals surface area contributed by atoms with Crippen molar-refractivity contribution in [3.05, 3.63) is 52.0 Å². The summed E-state index contributed by atoms with van der Waals surface area (Å²) in [5.41, 5.74) is 3.31. The molecule has 0 amide bonds. The Balaban J connectivity index is 2.04. The number of aromatic nitrogens is 1. The molecule has 20 heavy (non-hydrogen) atoms. The first-order chi connectivity index (χ1) is 9.69. The molecule has 0 N–H and O–H groups in total. The van der Waals surface area contributed by atoms with Crippen molar-refractivity contribution >= 4 is 29.0 Å². The minimum absolute atomic E-state index is 0.199. The molecule has 0 unspecified atom stereocenters. The number of nitrogens with zero attached hydrogens (tertiary/aromatic N) is 1. The molecule has 0 radical (unpaired) electrons. The lowest BCUT2D eigenvalue weighted by molar-refractivity contribution is -0.140. The molecule has 0 atom stereocenters. The third-order valence-electron chi connectivity index (χ3n) is 2.95. The number of benzene rings is 1. The summed E-state index contributed by atoms with van der Waals surface area (Å²) in [4.78, 5) is 15.6. The fourth-order valence-electron chi connectivity index (χ4n) is 1.81. The summed E-state index contributed by atoms with van der Waals surface area (Å²) in [5, 5.41) is 2.96. The number of ether oxygens (including phenoxy) is 1. The second-order valence-electron chi connectivity index (χ2n) is 4.45. The van der Waals surface area contributed by atoms with E-state index >= 15 is 0 Å². The Hall–Kier alpha value is -1.94. The predicted molar refractivity (Wildman–Crippen MR) is 82.4 cm³/mol. The largest absolute Gasteiger partial charge is 0.469 e. The first-order valence-corrected chi connectivity index (χ1v) is 7.32. The molecular weight excluding hydrogens is 270 g/mol. The van der Waals surface area contributed by atoms with Crippen LogP contribution in [-0.2, 0) is 16.0 Å². The van der Waals surface area contributed by atoms with Crippen molar-refractivity contribution in [1.82, 2.24) is 4.98 Å². The number of hydrogen-bond donors (Lipinski definition) is 0. The Bertz CT molecular complexity index is 602. The summed E-state index contributed by atoms with van der Waals surface area (Å²) in [6.45, 7) is 2.07. The molecule has 2 rings (SSSR count). The Morgan fingerprint density at radius 1 is 1.35 bits per heavy atom. The monoisotopic (exact) mass is 287 g/mol. The van der Waals surface area contributed by atoms with Crippen molar-refractivity contribution < 1.29 is 9.53 Å². The molecule has 0 saturated carbocycles. The van der Waals surface area contributed by atoms with Crippen molar-refractivity contribution in [2.45, 2.75) is 19.8 Å². The van der Waals surface area contributed by atoms with E-state index in [2.05, 4.69) is 34.9 Å². The quantitative estimate of drug-likeness (QED) is 0.785. The highest BCUT2D eigenvalue weighted by Gasteiger charge is 2.05. The summed E-state index contributed by atoms with van der Waals surface area (Å²) in [7, 11) is 1.40. The molecule has 2 aromatic rings. The molecule has 0 saturated heterocycles. The van der Waals surface area contributed by atoms with Crippen LogP contribution in [0.25, 0.3) is 11.6 Å². The van der Waals surface area contributed by atoms with Gasteiger partial charge in [-0.15, -0.1) is 11.3 Å². The lowest BCUT2D eigenvalue weighted by Gasteiger charge is -1.99. The van der Waals surface area contributed by atoms with Gasteiger partial charge in [0, 0.05) is 11.8 Å². The van der Waals surface area contributed by atoms with Crippen LogP contribution in [0.4, 0.5) is 0 Å². The number of methoxy groups -OCH3 is 1. The van der Waals surface area contributed by atoms with Crippen molar-refractivity contribution in [3.63, 3.8) is 0 Å². The van der Waals surface area contributed by atoms with E-state index in [-0.39, 0.29) is 5.97 Å². The first kappa shape index (κ1) is 14.5. The molecule has 0 bridgehead atoms. The van der Waals surface area contributed by atoms with Crippen LogP contribution in [-0.4, -0.2) is 18.1 Å².